The Bertz CT molecular complexity index is 577. The van der Waals surface area contributed by atoms with Gasteiger partial charge in [0, 0.05) is 12.1 Å². The first-order valence-corrected chi connectivity index (χ1v) is 6.73. The lowest BCUT2D eigenvalue weighted by atomic mass is 10.2. The molecular weight excluding hydrogens is 307 g/mol. The second-order valence-electron chi connectivity index (χ2n) is 3.81. The minimum atomic E-state index is -4.58. The zero-order chi connectivity index (χ0) is 15.6. The van der Waals surface area contributed by atoms with Crippen molar-refractivity contribution in [3.8, 4) is 0 Å². The second kappa shape index (κ2) is 6.02. The summed E-state index contributed by atoms with van der Waals surface area (Å²) in [7, 11) is -4.58. The summed E-state index contributed by atoms with van der Waals surface area (Å²) >= 11 is 0. The quantitative estimate of drug-likeness (QED) is 0.780. The number of benzene rings is 1. The topological polar surface area (TPSA) is 72.2 Å². The van der Waals surface area contributed by atoms with Crippen molar-refractivity contribution in [1.82, 2.24) is 4.72 Å². The van der Waals surface area contributed by atoms with E-state index in [1.807, 2.05) is 0 Å². The van der Waals surface area contributed by atoms with Crippen LogP contribution in [0.15, 0.2) is 23.1 Å². The molecular formula is C10H11F5N2O2S. The molecule has 0 aliphatic heterocycles. The smallest absolute Gasteiger partial charge is 0.320 e. The molecule has 0 radical (unpaired) electrons. The van der Waals surface area contributed by atoms with E-state index in [9.17, 15) is 30.4 Å². The van der Waals surface area contributed by atoms with Crippen LogP contribution in [0.25, 0.3) is 0 Å². The summed E-state index contributed by atoms with van der Waals surface area (Å²) in [5.74, 6) is -5.46. The largest absolute Gasteiger partial charge is 0.326 e. The molecule has 0 spiro atoms. The van der Waals surface area contributed by atoms with E-state index in [0.717, 1.165) is 18.2 Å². The highest BCUT2D eigenvalue weighted by molar-refractivity contribution is 7.89. The van der Waals surface area contributed by atoms with Crippen LogP contribution in [0.4, 0.5) is 22.0 Å². The van der Waals surface area contributed by atoms with Crippen LogP contribution in [-0.2, 0) is 16.6 Å². The van der Waals surface area contributed by atoms with E-state index in [1.165, 1.54) is 4.72 Å². The fourth-order valence-electron chi connectivity index (χ4n) is 1.33. The zero-order valence-corrected chi connectivity index (χ0v) is 10.7. The molecule has 1 aromatic carbocycles. The van der Waals surface area contributed by atoms with Crippen molar-refractivity contribution in [3.63, 3.8) is 0 Å². The third-order valence-corrected chi connectivity index (χ3v) is 3.87. The molecule has 0 bridgehead atoms. The number of alkyl halides is 4. The van der Waals surface area contributed by atoms with Gasteiger partial charge >= 0.3 is 12.3 Å². The van der Waals surface area contributed by atoms with Crippen LogP contribution in [0.3, 0.4) is 0 Å². The van der Waals surface area contributed by atoms with Crippen LogP contribution >= 0.6 is 0 Å². The van der Waals surface area contributed by atoms with Gasteiger partial charge in [0.2, 0.25) is 10.0 Å². The maximum atomic E-state index is 13.3. The van der Waals surface area contributed by atoms with E-state index < -0.39 is 51.7 Å². The van der Waals surface area contributed by atoms with Gasteiger partial charge in [-0.3, -0.25) is 0 Å². The minimum Gasteiger partial charge on any atom is -0.326 e. The molecule has 4 nitrogen and oxygen atoms in total. The molecule has 0 unspecified atom stereocenters. The summed E-state index contributed by atoms with van der Waals surface area (Å²) in [6.07, 6.45) is -4.02. The Morgan fingerprint density at radius 2 is 1.90 bits per heavy atom. The molecule has 0 atom stereocenters. The fraction of sp³-hybridized carbons (Fsp3) is 0.400. The van der Waals surface area contributed by atoms with E-state index in [1.54, 1.807) is 0 Å². The van der Waals surface area contributed by atoms with Crippen molar-refractivity contribution in [2.75, 3.05) is 6.54 Å². The SMILES string of the molecule is NCc1c(F)cccc1S(=O)(=O)NCC(F)(F)C(F)F. The predicted octanol–water partition coefficient (Wildman–Crippen LogP) is 1.46. The summed E-state index contributed by atoms with van der Waals surface area (Å²) in [5.41, 5.74) is 4.76. The van der Waals surface area contributed by atoms with Crippen LogP contribution in [0.5, 0.6) is 0 Å². The van der Waals surface area contributed by atoms with Crippen LogP contribution in [0.2, 0.25) is 0 Å². The summed E-state index contributed by atoms with van der Waals surface area (Å²) in [5, 5.41) is 0. The van der Waals surface area contributed by atoms with Crippen molar-refractivity contribution in [2.45, 2.75) is 23.8 Å². The van der Waals surface area contributed by atoms with Crippen molar-refractivity contribution < 1.29 is 30.4 Å². The van der Waals surface area contributed by atoms with Gasteiger partial charge in [0.15, 0.2) is 0 Å². The molecule has 0 fully saturated rings. The number of nitrogens with two attached hydrogens (primary N) is 1. The van der Waals surface area contributed by atoms with Crippen LogP contribution in [0, 0.1) is 5.82 Å². The van der Waals surface area contributed by atoms with Crippen molar-refractivity contribution in [1.29, 1.82) is 0 Å². The summed E-state index contributed by atoms with van der Waals surface area (Å²) < 4.78 is 87.3. The van der Waals surface area contributed by atoms with Crippen molar-refractivity contribution in [2.24, 2.45) is 5.73 Å². The Hall–Kier alpha value is -1.26. The van der Waals surface area contributed by atoms with Gasteiger partial charge in [-0.1, -0.05) is 6.07 Å². The highest BCUT2D eigenvalue weighted by Gasteiger charge is 2.41. The molecule has 20 heavy (non-hydrogen) atoms. The molecule has 114 valence electrons. The van der Waals surface area contributed by atoms with Crippen LogP contribution in [-0.4, -0.2) is 27.3 Å². The highest BCUT2D eigenvalue weighted by Crippen LogP contribution is 2.23. The highest BCUT2D eigenvalue weighted by atomic mass is 32.2. The van der Waals surface area contributed by atoms with Gasteiger partial charge in [-0.05, 0) is 12.1 Å². The predicted molar refractivity (Wildman–Crippen MR) is 60.4 cm³/mol. The Morgan fingerprint density at radius 3 is 2.40 bits per heavy atom. The average molecular weight is 318 g/mol. The fourth-order valence-corrected chi connectivity index (χ4v) is 2.64. The second-order valence-corrected chi connectivity index (χ2v) is 5.54. The van der Waals surface area contributed by atoms with Crippen LogP contribution in [0.1, 0.15) is 5.56 Å². The summed E-state index contributed by atoms with van der Waals surface area (Å²) in [6.45, 7) is -2.29. The molecule has 0 saturated heterocycles. The number of rotatable bonds is 6. The molecule has 10 heteroatoms. The minimum absolute atomic E-state index is 0.416. The van der Waals surface area contributed by atoms with E-state index in [2.05, 4.69) is 0 Å². The van der Waals surface area contributed by atoms with E-state index in [0.29, 0.717) is 0 Å². The zero-order valence-electron chi connectivity index (χ0n) is 9.92. The number of hydrogen-bond acceptors (Lipinski definition) is 3. The molecule has 1 rings (SSSR count). The van der Waals surface area contributed by atoms with E-state index in [4.69, 9.17) is 5.73 Å². The van der Waals surface area contributed by atoms with Gasteiger partial charge in [0.1, 0.15) is 5.82 Å². The van der Waals surface area contributed by atoms with Gasteiger partial charge < -0.3 is 5.73 Å². The molecule has 0 amide bonds. The van der Waals surface area contributed by atoms with Gasteiger partial charge in [-0.2, -0.15) is 8.78 Å². The number of sulfonamides is 1. The molecule has 0 aliphatic carbocycles. The van der Waals surface area contributed by atoms with Gasteiger partial charge in [0.25, 0.3) is 0 Å². The van der Waals surface area contributed by atoms with E-state index >= 15 is 0 Å². The average Bonchev–Trinajstić information content (AvgIpc) is 2.36. The molecule has 0 saturated carbocycles. The lowest BCUT2D eigenvalue weighted by Crippen LogP contribution is -2.41. The van der Waals surface area contributed by atoms with Crippen molar-refractivity contribution in [3.05, 3.63) is 29.6 Å². The van der Waals surface area contributed by atoms with Gasteiger partial charge in [0.05, 0.1) is 11.4 Å². The van der Waals surface area contributed by atoms with Gasteiger partial charge in [-0.25, -0.2) is 26.3 Å². The maximum absolute atomic E-state index is 13.3. The third kappa shape index (κ3) is 3.64. The first kappa shape index (κ1) is 16.8. The Morgan fingerprint density at radius 1 is 1.30 bits per heavy atom. The van der Waals surface area contributed by atoms with Crippen LogP contribution < -0.4 is 10.5 Å². The lowest BCUT2D eigenvalue weighted by Gasteiger charge is -2.17. The normalized spacial score (nSPS) is 12.9. The first-order valence-electron chi connectivity index (χ1n) is 5.25. The van der Waals surface area contributed by atoms with Gasteiger partial charge in [-0.15, -0.1) is 0 Å². The Kier molecular flexibility index (Phi) is 5.05. The number of nitrogens with one attached hydrogen (secondary N) is 1. The first-order chi connectivity index (χ1) is 9.12. The monoisotopic (exact) mass is 318 g/mol. The Labute approximate surface area is 111 Å². The standard InChI is InChI=1S/C10H11F5N2O2S/c11-7-2-1-3-8(6(7)4-16)20(18,19)17-5-10(14,15)9(12)13/h1-3,9,17H,4-5,16H2. The van der Waals surface area contributed by atoms with E-state index in [-0.39, 0.29) is 0 Å². The Balaban J connectivity index is 3.04. The maximum Gasteiger partial charge on any atom is 0.320 e. The lowest BCUT2D eigenvalue weighted by molar-refractivity contribution is -0.122. The molecule has 0 heterocycles. The molecule has 3 N–H and O–H groups in total. The van der Waals surface area contributed by atoms with Crippen molar-refractivity contribution >= 4 is 10.0 Å². The number of halogens is 5. The number of hydrogen-bond donors (Lipinski definition) is 2. The molecule has 1 aromatic rings. The third-order valence-electron chi connectivity index (χ3n) is 2.39. The molecule has 0 aliphatic rings. The summed E-state index contributed by atoms with van der Waals surface area (Å²) in [6, 6.07) is 2.91. The summed E-state index contributed by atoms with van der Waals surface area (Å²) in [4.78, 5) is -0.662. The molecule has 0 aromatic heterocycles.